The van der Waals surface area contributed by atoms with Gasteiger partial charge >= 0.3 is 0 Å². The molecule has 0 saturated heterocycles. The lowest BCUT2D eigenvalue weighted by molar-refractivity contribution is 0.508. The van der Waals surface area contributed by atoms with E-state index in [9.17, 15) is 8.78 Å². The van der Waals surface area contributed by atoms with Crippen LogP contribution < -0.4 is 11.1 Å². The van der Waals surface area contributed by atoms with Crippen molar-refractivity contribution in [2.24, 2.45) is 0 Å². The molecule has 0 saturated carbocycles. The lowest BCUT2D eigenvalue weighted by Gasteiger charge is -2.18. The molecule has 1 aromatic rings. The number of nitrogens with zero attached hydrogens (tertiary/aromatic N) is 1. The monoisotopic (exact) mass is 214 g/mol. The quantitative estimate of drug-likeness (QED) is 0.822. The minimum Gasteiger partial charge on any atom is -0.371 e. The highest BCUT2D eigenvalue weighted by Crippen LogP contribution is 2.29. The Bertz CT molecular complexity index is 353. The summed E-state index contributed by atoms with van der Waals surface area (Å²) in [5.74, 6) is -1.48. The van der Waals surface area contributed by atoms with Gasteiger partial charge in [-0.25, -0.2) is 8.78 Å². The van der Waals surface area contributed by atoms with Gasteiger partial charge in [0, 0.05) is 24.8 Å². The van der Waals surface area contributed by atoms with Crippen molar-refractivity contribution in [1.29, 1.82) is 0 Å². The third-order valence-electron chi connectivity index (χ3n) is 2.61. The number of rotatable bonds is 2. The number of benzene rings is 1. The molecule has 0 atom stereocenters. The second kappa shape index (κ2) is 4.57. The van der Waals surface area contributed by atoms with Crippen LogP contribution in [0.3, 0.4) is 0 Å². The van der Waals surface area contributed by atoms with E-state index in [1.165, 1.54) is 12.1 Å². The summed E-state index contributed by atoms with van der Waals surface area (Å²) < 4.78 is 25.9. The van der Waals surface area contributed by atoms with Crippen LogP contribution >= 0.6 is 0 Å². The maximum absolute atomic E-state index is 13.0. The average molecular weight is 214 g/mol. The molecule has 0 fully saturated rings. The first-order valence-electron chi connectivity index (χ1n) is 4.95. The summed E-state index contributed by atoms with van der Waals surface area (Å²) in [5.41, 5.74) is 1.79. The fourth-order valence-corrected chi connectivity index (χ4v) is 1.95. The minimum absolute atomic E-state index is 0. The summed E-state index contributed by atoms with van der Waals surface area (Å²) in [6.45, 7) is 3.88. The van der Waals surface area contributed by atoms with Gasteiger partial charge in [-0.3, -0.25) is 0 Å². The molecule has 84 valence electrons. The van der Waals surface area contributed by atoms with Crippen LogP contribution in [-0.4, -0.2) is 13.1 Å². The maximum Gasteiger partial charge on any atom is 0.160 e. The predicted octanol–water partition coefficient (Wildman–Crippen LogP) is 2.90. The van der Waals surface area contributed by atoms with E-state index in [4.69, 9.17) is 0 Å². The third-order valence-corrected chi connectivity index (χ3v) is 2.61. The zero-order valence-electron chi connectivity index (χ0n) is 8.89. The number of anilines is 1. The van der Waals surface area contributed by atoms with Crippen molar-refractivity contribution in [3.8, 4) is 0 Å². The fraction of sp³-hybridized carbons (Fsp3) is 0.455. The van der Waals surface area contributed by atoms with Gasteiger partial charge in [0.25, 0.3) is 0 Å². The van der Waals surface area contributed by atoms with Crippen molar-refractivity contribution in [3.05, 3.63) is 29.3 Å². The molecule has 2 rings (SSSR count). The van der Waals surface area contributed by atoms with Crippen LogP contribution in [0.25, 0.3) is 0 Å². The highest BCUT2D eigenvalue weighted by Gasteiger charge is 2.20. The first-order chi connectivity index (χ1) is 6.72. The van der Waals surface area contributed by atoms with Crippen molar-refractivity contribution in [2.45, 2.75) is 19.8 Å². The lowest BCUT2D eigenvalue weighted by Crippen LogP contribution is -2.21. The molecule has 1 aliphatic rings. The van der Waals surface area contributed by atoms with Crippen LogP contribution in [0, 0.1) is 11.6 Å². The van der Waals surface area contributed by atoms with E-state index < -0.39 is 11.6 Å². The summed E-state index contributed by atoms with van der Waals surface area (Å²) in [5, 5.41) is 0. The fourth-order valence-electron chi connectivity index (χ4n) is 1.95. The molecule has 0 radical (unpaired) electrons. The van der Waals surface area contributed by atoms with Crippen molar-refractivity contribution in [3.63, 3.8) is 0 Å². The number of halogens is 2. The molecular formula is C11H16F2N2. The van der Waals surface area contributed by atoms with Gasteiger partial charge in [-0.15, -0.1) is 0 Å². The summed E-state index contributed by atoms with van der Waals surface area (Å²) in [7, 11) is 0. The lowest BCUT2D eigenvalue weighted by atomic mass is 10.1. The Balaban J connectivity index is 0.00000112. The summed E-state index contributed by atoms with van der Waals surface area (Å²) in [6.07, 6.45) is 1.85. The average Bonchev–Trinajstić information content (AvgIpc) is 2.51. The van der Waals surface area contributed by atoms with Crippen LogP contribution in [0.2, 0.25) is 0 Å². The van der Waals surface area contributed by atoms with E-state index in [2.05, 4.69) is 11.8 Å². The van der Waals surface area contributed by atoms with Crippen molar-refractivity contribution < 1.29 is 8.78 Å². The highest BCUT2D eigenvalue weighted by molar-refractivity contribution is 5.58. The highest BCUT2D eigenvalue weighted by atomic mass is 19.2. The molecule has 2 nitrogen and oxygen atoms in total. The van der Waals surface area contributed by atoms with Gasteiger partial charge in [-0.05, 0) is 24.5 Å². The molecular weight excluding hydrogens is 198 g/mol. The van der Waals surface area contributed by atoms with E-state index in [0.717, 1.165) is 37.2 Å². The summed E-state index contributed by atoms with van der Waals surface area (Å²) >= 11 is 0. The van der Waals surface area contributed by atoms with Crippen LogP contribution in [0.15, 0.2) is 12.1 Å². The molecule has 4 heteroatoms. The molecule has 1 aromatic carbocycles. The van der Waals surface area contributed by atoms with E-state index in [1.807, 2.05) is 0 Å². The van der Waals surface area contributed by atoms with Gasteiger partial charge in [0.15, 0.2) is 11.6 Å². The smallest absolute Gasteiger partial charge is 0.160 e. The Labute approximate surface area is 88.5 Å². The van der Waals surface area contributed by atoms with Crippen LogP contribution in [-0.2, 0) is 6.42 Å². The van der Waals surface area contributed by atoms with Gasteiger partial charge in [0.2, 0.25) is 0 Å². The number of fused-ring (bicyclic) bond motifs is 1. The van der Waals surface area contributed by atoms with E-state index in [0.29, 0.717) is 0 Å². The van der Waals surface area contributed by atoms with E-state index >= 15 is 0 Å². The van der Waals surface area contributed by atoms with E-state index in [1.54, 1.807) is 0 Å². The van der Waals surface area contributed by atoms with Crippen LogP contribution in [0.5, 0.6) is 0 Å². The Kier molecular flexibility index (Phi) is 3.63. The first kappa shape index (κ1) is 11.9. The molecule has 0 unspecified atom stereocenters. The minimum atomic E-state index is -0.744. The molecule has 0 bridgehead atoms. The number of hydrogen-bond acceptors (Lipinski definition) is 2. The second-order valence-corrected chi connectivity index (χ2v) is 3.63. The SMILES string of the molecule is CCCN1CCc2cc(F)c(F)cc21.N. The molecule has 1 heterocycles. The van der Waals surface area contributed by atoms with Crippen LogP contribution in [0.4, 0.5) is 14.5 Å². The second-order valence-electron chi connectivity index (χ2n) is 3.63. The molecule has 0 amide bonds. The van der Waals surface area contributed by atoms with Crippen LogP contribution in [0.1, 0.15) is 18.9 Å². The third kappa shape index (κ3) is 2.09. The molecule has 3 N–H and O–H groups in total. The zero-order valence-corrected chi connectivity index (χ0v) is 8.89. The molecule has 0 aromatic heterocycles. The molecule has 0 spiro atoms. The Morgan fingerprint density at radius 1 is 1.27 bits per heavy atom. The zero-order chi connectivity index (χ0) is 10.1. The van der Waals surface area contributed by atoms with Crippen molar-refractivity contribution in [1.82, 2.24) is 6.15 Å². The first-order valence-corrected chi connectivity index (χ1v) is 4.95. The van der Waals surface area contributed by atoms with Gasteiger partial charge in [0.05, 0.1) is 0 Å². The molecule has 15 heavy (non-hydrogen) atoms. The van der Waals surface area contributed by atoms with Gasteiger partial charge < -0.3 is 11.1 Å². The van der Waals surface area contributed by atoms with Gasteiger partial charge in [0.1, 0.15) is 0 Å². The Morgan fingerprint density at radius 2 is 1.93 bits per heavy atom. The number of hydrogen-bond donors (Lipinski definition) is 1. The topological polar surface area (TPSA) is 38.2 Å². The standard InChI is InChI=1S/C11H13F2N.H3N/c1-2-4-14-5-3-8-6-9(12)10(13)7-11(8)14;/h6-7H,2-5H2,1H3;1H3. The Morgan fingerprint density at radius 3 is 2.60 bits per heavy atom. The van der Waals surface area contributed by atoms with Crippen molar-refractivity contribution in [2.75, 3.05) is 18.0 Å². The van der Waals surface area contributed by atoms with Gasteiger partial charge in [-0.1, -0.05) is 6.92 Å². The predicted molar refractivity (Wildman–Crippen MR) is 57.6 cm³/mol. The normalized spacial score (nSPS) is 13.7. The molecule has 1 aliphatic heterocycles. The Hall–Kier alpha value is -1.16. The largest absolute Gasteiger partial charge is 0.371 e. The van der Waals surface area contributed by atoms with Gasteiger partial charge in [-0.2, -0.15) is 0 Å². The maximum atomic E-state index is 13.0. The summed E-state index contributed by atoms with van der Waals surface area (Å²) in [6, 6.07) is 2.63. The summed E-state index contributed by atoms with van der Waals surface area (Å²) in [4.78, 5) is 2.11. The van der Waals surface area contributed by atoms with E-state index in [-0.39, 0.29) is 6.15 Å². The molecule has 0 aliphatic carbocycles. The van der Waals surface area contributed by atoms with Crippen molar-refractivity contribution >= 4 is 5.69 Å².